The lowest BCUT2D eigenvalue weighted by atomic mass is 9.96. The molecule has 0 aliphatic heterocycles. The molecule has 0 saturated heterocycles. The lowest BCUT2D eigenvalue weighted by Crippen LogP contribution is -2.38. The van der Waals surface area contributed by atoms with Gasteiger partial charge in [-0.25, -0.2) is 0 Å². The normalized spacial score (nSPS) is 14.2. The van der Waals surface area contributed by atoms with Crippen LogP contribution in [0.5, 0.6) is 0 Å². The van der Waals surface area contributed by atoms with Crippen molar-refractivity contribution < 1.29 is 18.7 Å². The highest BCUT2D eigenvalue weighted by molar-refractivity contribution is 5.91. The van der Waals surface area contributed by atoms with Crippen molar-refractivity contribution in [2.45, 2.75) is 33.3 Å². The third kappa shape index (κ3) is 3.89. The van der Waals surface area contributed by atoms with Gasteiger partial charge in [-0.3, -0.25) is 4.79 Å². The molecular formula is C17H21NO4. The second kappa shape index (κ2) is 6.23. The summed E-state index contributed by atoms with van der Waals surface area (Å²) in [6, 6.07) is 5.39. The van der Waals surface area contributed by atoms with E-state index in [4.69, 9.17) is 8.83 Å². The number of rotatable bonds is 5. The first-order valence-corrected chi connectivity index (χ1v) is 7.10. The lowest BCUT2D eigenvalue weighted by Gasteiger charge is -2.22. The lowest BCUT2D eigenvalue weighted by molar-refractivity contribution is -0.117. The van der Waals surface area contributed by atoms with Gasteiger partial charge in [-0.15, -0.1) is 0 Å². The molecule has 2 N–H and O–H groups in total. The van der Waals surface area contributed by atoms with E-state index < -0.39 is 5.60 Å². The maximum absolute atomic E-state index is 11.8. The molecule has 0 unspecified atom stereocenters. The Hall–Kier alpha value is -2.27. The van der Waals surface area contributed by atoms with E-state index in [1.165, 1.54) is 6.08 Å². The van der Waals surface area contributed by atoms with Gasteiger partial charge in [0.2, 0.25) is 5.91 Å². The fourth-order valence-corrected chi connectivity index (χ4v) is 2.28. The van der Waals surface area contributed by atoms with Crippen molar-refractivity contribution in [2.75, 3.05) is 6.54 Å². The van der Waals surface area contributed by atoms with Crippen LogP contribution in [-0.4, -0.2) is 17.6 Å². The zero-order valence-corrected chi connectivity index (χ0v) is 13.3. The van der Waals surface area contributed by atoms with Crippen molar-refractivity contribution in [1.82, 2.24) is 5.32 Å². The van der Waals surface area contributed by atoms with Gasteiger partial charge in [0, 0.05) is 11.6 Å². The molecule has 0 fully saturated rings. The summed E-state index contributed by atoms with van der Waals surface area (Å²) in [4.78, 5) is 11.8. The number of hydrogen-bond donors (Lipinski definition) is 2. The Morgan fingerprint density at radius 3 is 2.55 bits per heavy atom. The maximum Gasteiger partial charge on any atom is 0.244 e. The molecule has 0 saturated carbocycles. The van der Waals surface area contributed by atoms with E-state index in [1.54, 1.807) is 32.1 Å². The fourth-order valence-electron chi connectivity index (χ4n) is 2.28. The number of aliphatic hydroxyl groups is 1. The monoisotopic (exact) mass is 303 g/mol. The SMILES string of the molecule is Cc1ccc(/C=C/C(=O)NC[C@](C)(O)c2cc(C)oc2C)o1. The van der Waals surface area contributed by atoms with E-state index in [0.717, 1.165) is 11.5 Å². The average molecular weight is 303 g/mol. The molecule has 0 aliphatic carbocycles. The van der Waals surface area contributed by atoms with E-state index in [1.807, 2.05) is 19.9 Å². The van der Waals surface area contributed by atoms with Crippen molar-refractivity contribution in [3.8, 4) is 0 Å². The van der Waals surface area contributed by atoms with Gasteiger partial charge < -0.3 is 19.3 Å². The van der Waals surface area contributed by atoms with Gasteiger partial charge in [0.1, 0.15) is 28.6 Å². The van der Waals surface area contributed by atoms with Crippen LogP contribution in [0.2, 0.25) is 0 Å². The molecule has 22 heavy (non-hydrogen) atoms. The number of hydrogen-bond acceptors (Lipinski definition) is 4. The molecule has 0 radical (unpaired) electrons. The van der Waals surface area contributed by atoms with Crippen LogP contribution >= 0.6 is 0 Å². The molecule has 5 heteroatoms. The molecule has 2 heterocycles. The molecule has 1 atom stereocenters. The van der Waals surface area contributed by atoms with Crippen LogP contribution in [-0.2, 0) is 10.4 Å². The van der Waals surface area contributed by atoms with Crippen molar-refractivity contribution in [3.05, 3.63) is 52.9 Å². The van der Waals surface area contributed by atoms with Gasteiger partial charge in [0.15, 0.2) is 0 Å². The topological polar surface area (TPSA) is 75.6 Å². The summed E-state index contributed by atoms with van der Waals surface area (Å²) < 4.78 is 10.8. The maximum atomic E-state index is 11.8. The zero-order valence-electron chi connectivity index (χ0n) is 13.3. The molecule has 0 spiro atoms. The van der Waals surface area contributed by atoms with Crippen molar-refractivity contribution in [3.63, 3.8) is 0 Å². The number of furan rings is 2. The summed E-state index contributed by atoms with van der Waals surface area (Å²) in [5.74, 6) is 2.48. The summed E-state index contributed by atoms with van der Waals surface area (Å²) in [5, 5.41) is 13.2. The first-order chi connectivity index (χ1) is 10.3. The third-order valence-corrected chi connectivity index (χ3v) is 3.39. The zero-order chi connectivity index (χ0) is 16.3. The molecule has 5 nitrogen and oxygen atoms in total. The van der Waals surface area contributed by atoms with Crippen LogP contribution in [0.1, 0.15) is 35.5 Å². The molecule has 118 valence electrons. The highest BCUT2D eigenvalue weighted by atomic mass is 16.3. The fraction of sp³-hybridized carbons (Fsp3) is 0.353. The number of amides is 1. The van der Waals surface area contributed by atoms with Gasteiger partial charge in [0.25, 0.3) is 0 Å². The smallest absolute Gasteiger partial charge is 0.244 e. The van der Waals surface area contributed by atoms with Crippen molar-refractivity contribution >= 4 is 12.0 Å². The molecule has 0 aliphatic rings. The second-order valence-corrected chi connectivity index (χ2v) is 5.60. The highest BCUT2D eigenvalue weighted by Gasteiger charge is 2.27. The van der Waals surface area contributed by atoms with Crippen LogP contribution < -0.4 is 5.32 Å². The number of carbonyl (C=O) groups is 1. The van der Waals surface area contributed by atoms with E-state index in [2.05, 4.69) is 5.32 Å². The molecule has 2 aromatic rings. The van der Waals surface area contributed by atoms with E-state index in [9.17, 15) is 9.90 Å². The summed E-state index contributed by atoms with van der Waals surface area (Å²) in [6.07, 6.45) is 2.96. The van der Waals surface area contributed by atoms with Crippen molar-refractivity contribution in [1.29, 1.82) is 0 Å². The predicted molar refractivity (Wildman–Crippen MR) is 83.2 cm³/mol. The number of nitrogens with one attached hydrogen (secondary N) is 1. The Balaban J connectivity index is 1.95. The second-order valence-electron chi connectivity index (χ2n) is 5.60. The van der Waals surface area contributed by atoms with Crippen LogP contribution in [0.25, 0.3) is 6.08 Å². The van der Waals surface area contributed by atoms with E-state index in [-0.39, 0.29) is 12.5 Å². The van der Waals surface area contributed by atoms with E-state index in [0.29, 0.717) is 17.1 Å². The Kier molecular flexibility index (Phi) is 4.56. The average Bonchev–Trinajstić information content (AvgIpc) is 3.00. The molecule has 0 bridgehead atoms. The van der Waals surface area contributed by atoms with Gasteiger partial charge >= 0.3 is 0 Å². The molecule has 2 aromatic heterocycles. The highest BCUT2D eigenvalue weighted by Crippen LogP contribution is 2.26. The third-order valence-electron chi connectivity index (χ3n) is 3.39. The largest absolute Gasteiger partial charge is 0.466 e. The first-order valence-electron chi connectivity index (χ1n) is 7.10. The Labute approximate surface area is 129 Å². The standard InChI is InChI=1S/C17H21NO4/c1-11-5-6-14(22-11)7-8-16(19)18-10-17(4,20)15-9-12(2)21-13(15)3/h5-9,20H,10H2,1-4H3,(H,18,19)/b8-7+/t17-/m0/s1. The van der Waals surface area contributed by atoms with Crippen LogP contribution in [0.4, 0.5) is 0 Å². The van der Waals surface area contributed by atoms with Crippen LogP contribution in [0.15, 0.2) is 33.1 Å². The minimum absolute atomic E-state index is 0.0904. The minimum Gasteiger partial charge on any atom is -0.466 e. The number of carbonyl (C=O) groups excluding carboxylic acids is 1. The number of aryl methyl sites for hydroxylation is 3. The first kappa shape index (κ1) is 16.1. The quantitative estimate of drug-likeness (QED) is 0.833. The van der Waals surface area contributed by atoms with Crippen LogP contribution in [0.3, 0.4) is 0 Å². The summed E-state index contributed by atoms with van der Waals surface area (Å²) in [7, 11) is 0. The molecule has 1 amide bonds. The Morgan fingerprint density at radius 1 is 1.27 bits per heavy atom. The van der Waals surface area contributed by atoms with Crippen LogP contribution in [0, 0.1) is 20.8 Å². The van der Waals surface area contributed by atoms with E-state index >= 15 is 0 Å². The molecule has 2 rings (SSSR count). The van der Waals surface area contributed by atoms with Crippen molar-refractivity contribution in [2.24, 2.45) is 0 Å². The summed E-state index contributed by atoms with van der Waals surface area (Å²) in [5.41, 5.74) is -0.511. The summed E-state index contributed by atoms with van der Waals surface area (Å²) in [6.45, 7) is 7.18. The summed E-state index contributed by atoms with van der Waals surface area (Å²) >= 11 is 0. The Morgan fingerprint density at radius 2 is 2.00 bits per heavy atom. The predicted octanol–water partition coefficient (Wildman–Crippen LogP) is 2.83. The molecular weight excluding hydrogens is 282 g/mol. The minimum atomic E-state index is -1.19. The Bertz CT molecular complexity index is 691. The van der Waals surface area contributed by atoms with Gasteiger partial charge in [-0.2, -0.15) is 0 Å². The van der Waals surface area contributed by atoms with Gasteiger partial charge in [-0.05, 0) is 52.0 Å². The van der Waals surface area contributed by atoms with Gasteiger partial charge in [0.05, 0.1) is 6.54 Å². The van der Waals surface area contributed by atoms with Gasteiger partial charge in [-0.1, -0.05) is 0 Å². The molecule has 0 aromatic carbocycles.